The smallest absolute Gasteiger partial charge is 0.462 e. The molecule has 0 heterocycles. The van der Waals surface area contributed by atoms with Crippen LogP contribution in [0.4, 0.5) is 0 Å². The molecule has 0 aromatic heterocycles. The highest BCUT2D eigenvalue weighted by atomic mass is 31.2. The summed E-state index contributed by atoms with van der Waals surface area (Å²) in [4.78, 5) is 42.8. The topological polar surface area (TPSA) is 119 Å². The van der Waals surface area contributed by atoms with E-state index in [1.165, 1.54) is 173 Å². The van der Waals surface area contributed by atoms with Gasteiger partial charge in [-0.2, -0.15) is 0 Å². The quantitative estimate of drug-likeness (QED) is 0.0360. The number of ether oxygens (including phenoxy) is 2. The summed E-state index contributed by atoms with van der Waals surface area (Å²) in [7, 11) is -4.74. The second-order valence-electron chi connectivity index (χ2n) is 15.0. The fraction of sp³-hybridized carbons (Fsp3) is 0.952. The van der Waals surface area contributed by atoms with Gasteiger partial charge in [-0.3, -0.25) is 14.1 Å². The van der Waals surface area contributed by atoms with Crippen LogP contribution in [0.1, 0.15) is 239 Å². The standard InChI is InChI=1S/C42H83O8P/c1-3-5-7-9-11-13-15-17-18-19-20-21-22-23-24-25-27-29-31-33-35-37-42(44)50-40(39-49-51(45,46)47)38-48-41(43)36-34-32-30-28-26-16-14-12-10-8-6-4-2/h40H,3-39H2,1-2H3,(H2,45,46,47). The molecule has 0 aromatic carbocycles. The number of esters is 2. The van der Waals surface area contributed by atoms with Gasteiger partial charge < -0.3 is 19.3 Å². The van der Waals surface area contributed by atoms with E-state index in [9.17, 15) is 14.2 Å². The maximum absolute atomic E-state index is 12.4. The minimum atomic E-state index is -4.74. The van der Waals surface area contributed by atoms with Crippen LogP contribution in [0.15, 0.2) is 0 Å². The molecule has 0 rings (SSSR count). The molecule has 1 atom stereocenters. The Morgan fingerprint density at radius 1 is 0.431 bits per heavy atom. The number of carbonyl (C=O) groups is 2. The molecule has 0 saturated heterocycles. The maximum Gasteiger partial charge on any atom is 0.469 e. The van der Waals surface area contributed by atoms with Crippen LogP contribution in [0.25, 0.3) is 0 Å². The monoisotopic (exact) mass is 747 g/mol. The zero-order valence-corrected chi connectivity index (χ0v) is 34.4. The normalized spacial score (nSPS) is 12.3. The third kappa shape index (κ3) is 41.7. The van der Waals surface area contributed by atoms with Gasteiger partial charge in [-0.1, -0.05) is 213 Å². The highest BCUT2D eigenvalue weighted by molar-refractivity contribution is 7.46. The minimum absolute atomic E-state index is 0.220. The summed E-state index contributed by atoms with van der Waals surface area (Å²) in [5.41, 5.74) is 0. The van der Waals surface area contributed by atoms with Crippen LogP contribution < -0.4 is 0 Å². The Kier molecular flexibility index (Phi) is 38.0. The van der Waals surface area contributed by atoms with Crippen molar-refractivity contribution in [1.29, 1.82) is 0 Å². The number of unbranched alkanes of at least 4 members (excludes halogenated alkanes) is 31. The van der Waals surface area contributed by atoms with Crippen LogP contribution in [0.3, 0.4) is 0 Å². The largest absolute Gasteiger partial charge is 0.469 e. The van der Waals surface area contributed by atoms with Gasteiger partial charge in [0.15, 0.2) is 6.10 Å². The van der Waals surface area contributed by atoms with E-state index in [2.05, 4.69) is 18.4 Å². The predicted molar refractivity (Wildman–Crippen MR) is 212 cm³/mol. The first-order valence-electron chi connectivity index (χ1n) is 21.8. The summed E-state index contributed by atoms with van der Waals surface area (Å²) in [6.45, 7) is 3.71. The highest BCUT2D eigenvalue weighted by Gasteiger charge is 2.23. The molecule has 9 heteroatoms. The van der Waals surface area contributed by atoms with Gasteiger partial charge in [0.25, 0.3) is 0 Å². The summed E-state index contributed by atoms with van der Waals surface area (Å²) in [6.07, 6.45) is 41.2. The van der Waals surface area contributed by atoms with Gasteiger partial charge in [-0.25, -0.2) is 4.57 Å². The summed E-state index contributed by atoms with van der Waals surface area (Å²) in [5, 5.41) is 0. The average molecular weight is 747 g/mol. The van der Waals surface area contributed by atoms with Crippen molar-refractivity contribution in [3.8, 4) is 0 Å². The second kappa shape index (κ2) is 38.8. The molecule has 0 radical (unpaired) electrons. The van der Waals surface area contributed by atoms with Gasteiger partial charge in [-0.05, 0) is 12.8 Å². The van der Waals surface area contributed by atoms with Crippen LogP contribution >= 0.6 is 7.82 Å². The van der Waals surface area contributed by atoms with Crippen molar-refractivity contribution in [2.24, 2.45) is 0 Å². The molecule has 2 N–H and O–H groups in total. The van der Waals surface area contributed by atoms with Crippen molar-refractivity contribution in [3.05, 3.63) is 0 Å². The number of rotatable bonds is 41. The average Bonchev–Trinajstić information content (AvgIpc) is 3.10. The SMILES string of the molecule is CCCCCCCCCCCCCCCCCCCCCCCC(=O)OC(COC(=O)CCCCCCCCCCCCCC)COP(=O)(O)O. The third-order valence-electron chi connectivity index (χ3n) is 9.88. The molecular weight excluding hydrogens is 663 g/mol. The molecule has 0 amide bonds. The first kappa shape index (κ1) is 50.1. The van der Waals surface area contributed by atoms with E-state index in [-0.39, 0.29) is 19.4 Å². The Morgan fingerprint density at radius 3 is 1.00 bits per heavy atom. The molecule has 0 bridgehead atoms. The third-order valence-corrected chi connectivity index (χ3v) is 10.4. The van der Waals surface area contributed by atoms with Crippen LogP contribution in [0.5, 0.6) is 0 Å². The Morgan fingerprint density at radius 2 is 0.706 bits per heavy atom. The van der Waals surface area contributed by atoms with Gasteiger partial charge in [-0.15, -0.1) is 0 Å². The minimum Gasteiger partial charge on any atom is -0.462 e. The molecule has 0 aliphatic rings. The van der Waals surface area contributed by atoms with Crippen molar-refractivity contribution >= 4 is 19.8 Å². The molecule has 0 fully saturated rings. The van der Waals surface area contributed by atoms with E-state index in [0.717, 1.165) is 32.1 Å². The van der Waals surface area contributed by atoms with Crippen LogP contribution in [0.2, 0.25) is 0 Å². The Labute approximate surface area is 315 Å². The number of hydrogen-bond acceptors (Lipinski definition) is 6. The fourth-order valence-corrected chi connectivity index (χ4v) is 6.97. The van der Waals surface area contributed by atoms with Gasteiger partial charge in [0.1, 0.15) is 6.61 Å². The van der Waals surface area contributed by atoms with Crippen LogP contribution in [0, 0.1) is 0 Å². The van der Waals surface area contributed by atoms with E-state index in [4.69, 9.17) is 19.3 Å². The first-order chi connectivity index (χ1) is 24.8. The van der Waals surface area contributed by atoms with Gasteiger partial charge in [0.2, 0.25) is 0 Å². The first-order valence-corrected chi connectivity index (χ1v) is 23.4. The van der Waals surface area contributed by atoms with E-state index in [1.807, 2.05) is 0 Å². The van der Waals surface area contributed by atoms with Crippen molar-refractivity contribution in [2.45, 2.75) is 245 Å². The summed E-state index contributed by atoms with van der Waals surface area (Å²) in [6, 6.07) is 0. The Bertz CT molecular complexity index is 802. The van der Waals surface area contributed by atoms with Crippen molar-refractivity contribution in [1.82, 2.24) is 0 Å². The lowest BCUT2D eigenvalue weighted by atomic mass is 10.0. The predicted octanol–water partition coefficient (Wildman–Crippen LogP) is 13.2. The number of phosphoric ester groups is 1. The lowest BCUT2D eigenvalue weighted by Crippen LogP contribution is -2.29. The molecular formula is C42H83O8P. The molecule has 0 spiro atoms. The van der Waals surface area contributed by atoms with Gasteiger partial charge in [0, 0.05) is 12.8 Å². The molecule has 0 aliphatic carbocycles. The van der Waals surface area contributed by atoms with E-state index in [0.29, 0.717) is 6.42 Å². The van der Waals surface area contributed by atoms with Crippen molar-refractivity contribution in [3.63, 3.8) is 0 Å². The molecule has 8 nitrogen and oxygen atoms in total. The maximum atomic E-state index is 12.4. The fourth-order valence-electron chi connectivity index (χ4n) is 6.61. The number of hydrogen-bond donors (Lipinski definition) is 2. The van der Waals surface area contributed by atoms with Crippen molar-refractivity contribution < 1.29 is 37.9 Å². The Balaban J connectivity index is 3.80. The highest BCUT2D eigenvalue weighted by Crippen LogP contribution is 2.36. The number of carbonyl (C=O) groups excluding carboxylic acids is 2. The van der Waals surface area contributed by atoms with E-state index < -0.39 is 32.5 Å². The zero-order valence-electron chi connectivity index (χ0n) is 33.5. The molecule has 1 unspecified atom stereocenters. The molecule has 0 aromatic rings. The Hall–Kier alpha value is -0.950. The summed E-state index contributed by atoms with van der Waals surface area (Å²) >= 11 is 0. The lowest BCUT2D eigenvalue weighted by Gasteiger charge is -2.18. The second-order valence-corrected chi connectivity index (χ2v) is 16.3. The summed E-state index contributed by atoms with van der Waals surface area (Å²) < 4.78 is 26.4. The zero-order chi connectivity index (χ0) is 37.5. The number of phosphoric acid groups is 1. The van der Waals surface area contributed by atoms with E-state index in [1.54, 1.807) is 0 Å². The van der Waals surface area contributed by atoms with E-state index >= 15 is 0 Å². The van der Waals surface area contributed by atoms with Gasteiger partial charge in [0.05, 0.1) is 6.61 Å². The molecule has 0 saturated carbocycles. The van der Waals surface area contributed by atoms with Gasteiger partial charge >= 0.3 is 19.8 Å². The van der Waals surface area contributed by atoms with Crippen LogP contribution in [-0.4, -0.2) is 41.0 Å². The molecule has 51 heavy (non-hydrogen) atoms. The lowest BCUT2D eigenvalue weighted by molar-refractivity contribution is -0.161. The summed E-state index contributed by atoms with van der Waals surface area (Å²) in [5.74, 6) is -0.868. The molecule has 0 aliphatic heterocycles. The molecule has 304 valence electrons. The van der Waals surface area contributed by atoms with Crippen LogP contribution in [-0.2, 0) is 28.2 Å². The van der Waals surface area contributed by atoms with Crippen molar-refractivity contribution in [2.75, 3.05) is 13.2 Å².